The second-order valence-corrected chi connectivity index (χ2v) is 9.91. The van der Waals surface area contributed by atoms with Crippen molar-refractivity contribution in [1.29, 1.82) is 0 Å². The highest BCUT2D eigenvalue weighted by Crippen LogP contribution is 2.19. The zero-order chi connectivity index (χ0) is 23.7. The van der Waals surface area contributed by atoms with Crippen LogP contribution in [-0.2, 0) is 20.9 Å². The lowest BCUT2D eigenvalue weighted by Gasteiger charge is -2.33. The van der Waals surface area contributed by atoms with Gasteiger partial charge in [-0.15, -0.1) is 0 Å². The number of benzene rings is 1. The van der Waals surface area contributed by atoms with Crippen LogP contribution in [0.1, 0.15) is 44.2 Å². The van der Waals surface area contributed by atoms with Gasteiger partial charge in [0.2, 0.25) is 17.7 Å². The van der Waals surface area contributed by atoms with E-state index in [-0.39, 0.29) is 29.6 Å². The molecule has 1 heterocycles. The van der Waals surface area contributed by atoms with E-state index in [0.29, 0.717) is 38.9 Å². The summed E-state index contributed by atoms with van der Waals surface area (Å²) in [5.74, 6) is 0.289. The topological polar surface area (TPSA) is 105 Å². The van der Waals surface area contributed by atoms with Gasteiger partial charge in [-0.25, -0.2) is 0 Å². The highest BCUT2D eigenvalue weighted by atomic mass is 32.2. The average Bonchev–Trinajstić information content (AvgIpc) is 2.79. The number of amides is 3. The highest BCUT2D eigenvalue weighted by molar-refractivity contribution is 7.98. The maximum Gasteiger partial charge on any atom is 0.243 e. The van der Waals surface area contributed by atoms with Gasteiger partial charge >= 0.3 is 0 Å². The molecule has 1 saturated heterocycles. The largest absolute Gasteiger partial charge is 0.350 e. The number of carbonyl (C=O) groups excluding carboxylic acids is 3. The Bertz CT molecular complexity index is 761. The number of nitrogens with one attached hydrogen (secondary N) is 2. The van der Waals surface area contributed by atoms with Crippen molar-refractivity contribution >= 4 is 29.5 Å². The van der Waals surface area contributed by atoms with Crippen molar-refractivity contribution in [3.8, 4) is 0 Å². The van der Waals surface area contributed by atoms with E-state index in [9.17, 15) is 14.4 Å². The molecule has 1 aliphatic rings. The van der Waals surface area contributed by atoms with Gasteiger partial charge in [0, 0.05) is 25.6 Å². The summed E-state index contributed by atoms with van der Waals surface area (Å²) in [6.07, 6.45) is 3.83. The number of nitrogens with two attached hydrogens (primary N) is 1. The predicted octanol–water partition coefficient (Wildman–Crippen LogP) is 2.07. The van der Waals surface area contributed by atoms with Crippen molar-refractivity contribution in [2.24, 2.45) is 17.6 Å². The lowest BCUT2D eigenvalue weighted by atomic mass is 9.94. The summed E-state index contributed by atoms with van der Waals surface area (Å²) in [6.45, 7) is 7.34. The van der Waals surface area contributed by atoms with Crippen molar-refractivity contribution in [1.82, 2.24) is 15.5 Å². The molecule has 1 fully saturated rings. The standard InChI is InChI=1S/C24H38N4O3S/c1-16(2)21(23(30)26-15-18-7-5-17(3)6-8-18)27-22(29)19-9-12-28(13-10-19)24(31)20(25)11-14-32-4/h5-8,16,19-21H,9-15,25H2,1-4H3,(H,26,30)(H,27,29)/t20-,21-/m0/s1. The fourth-order valence-corrected chi connectivity index (χ4v) is 4.27. The Hall–Kier alpha value is -2.06. The van der Waals surface area contributed by atoms with Gasteiger partial charge in [0.05, 0.1) is 6.04 Å². The molecule has 3 amide bonds. The van der Waals surface area contributed by atoms with Gasteiger partial charge in [0.25, 0.3) is 0 Å². The molecule has 0 bridgehead atoms. The zero-order valence-electron chi connectivity index (χ0n) is 19.7. The van der Waals surface area contributed by atoms with Gasteiger partial charge in [-0.2, -0.15) is 11.8 Å². The minimum atomic E-state index is -0.590. The van der Waals surface area contributed by atoms with Crippen LogP contribution in [0.2, 0.25) is 0 Å². The molecule has 0 unspecified atom stereocenters. The monoisotopic (exact) mass is 462 g/mol. The zero-order valence-corrected chi connectivity index (χ0v) is 20.5. The van der Waals surface area contributed by atoms with E-state index in [0.717, 1.165) is 11.3 Å². The Morgan fingerprint density at radius 3 is 2.34 bits per heavy atom. The first-order valence-corrected chi connectivity index (χ1v) is 12.8. The number of carbonyl (C=O) groups is 3. The lowest BCUT2D eigenvalue weighted by molar-refractivity contribution is -0.137. The van der Waals surface area contributed by atoms with Crippen molar-refractivity contribution in [2.45, 2.75) is 58.7 Å². The average molecular weight is 463 g/mol. The van der Waals surface area contributed by atoms with Crippen LogP contribution in [0.4, 0.5) is 0 Å². The van der Waals surface area contributed by atoms with Crippen LogP contribution in [-0.4, -0.2) is 59.8 Å². The molecule has 7 nitrogen and oxygen atoms in total. The van der Waals surface area contributed by atoms with Gasteiger partial charge < -0.3 is 21.3 Å². The van der Waals surface area contributed by atoms with Gasteiger partial charge in [0.1, 0.15) is 6.04 Å². The molecule has 32 heavy (non-hydrogen) atoms. The summed E-state index contributed by atoms with van der Waals surface area (Å²) in [7, 11) is 0. The fraction of sp³-hybridized carbons (Fsp3) is 0.625. The van der Waals surface area contributed by atoms with Crippen LogP contribution in [0.25, 0.3) is 0 Å². The van der Waals surface area contributed by atoms with Crippen LogP contribution in [0.15, 0.2) is 24.3 Å². The summed E-state index contributed by atoms with van der Waals surface area (Å²) in [5.41, 5.74) is 8.20. The van der Waals surface area contributed by atoms with E-state index in [1.54, 1.807) is 16.7 Å². The lowest BCUT2D eigenvalue weighted by Crippen LogP contribution is -2.53. The smallest absolute Gasteiger partial charge is 0.243 e. The Morgan fingerprint density at radius 2 is 1.78 bits per heavy atom. The molecule has 1 aromatic carbocycles. The summed E-state index contributed by atoms with van der Waals surface area (Å²) >= 11 is 1.67. The third kappa shape index (κ3) is 7.81. The maximum absolute atomic E-state index is 12.9. The number of rotatable bonds is 10. The fourth-order valence-electron chi connectivity index (χ4n) is 3.78. The molecule has 178 valence electrons. The van der Waals surface area contributed by atoms with Crippen molar-refractivity contribution in [3.63, 3.8) is 0 Å². The Labute approximate surface area is 196 Å². The summed E-state index contributed by atoms with van der Waals surface area (Å²) in [6, 6.07) is 6.93. The van der Waals surface area contributed by atoms with E-state index in [1.165, 1.54) is 5.56 Å². The van der Waals surface area contributed by atoms with E-state index in [2.05, 4.69) is 10.6 Å². The summed E-state index contributed by atoms with van der Waals surface area (Å²) < 4.78 is 0. The normalized spacial score (nSPS) is 16.5. The Morgan fingerprint density at radius 1 is 1.16 bits per heavy atom. The molecule has 2 rings (SSSR count). The number of likely N-dealkylation sites (tertiary alicyclic amines) is 1. The maximum atomic E-state index is 12.9. The van der Waals surface area contributed by atoms with Crippen LogP contribution in [0, 0.1) is 18.8 Å². The van der Waals surface area contributed by atoms with Gasteiger partial charge in [-0.1, -0.05) is 43.7 Å². The summed E-state index contributed by atoms with van der Waals surface area (Å²) in [4.78, 5) is 39.9. The van der Waals surface area contributed by atoms with E-state index in [1.807, 2.05) is 51.3 Å². The molecule has 0 spiro atoms. The van der Waals surface area contributed by atoms with E-state index >= 15 is 0 Å². The predicted molar refractivity (Wildman–Crippen MR) is 130 cm³/mol. The number of piperidine rings is 1. The second kappa shape index (κ2) is 12.8. The quantitative estimate of drug-likeness (QED) is 0.494. The molecule has 1 aromatic rings. The molecular weight excluding hydrogens is 424 g/mol. The Balaban J connectivity index is 1.84. The van der Waals surface area contributed by atoms with E-state index < -0.39 is 12.1 Å². The molecule has 0 aliphatic carbocycles. The minimum absolute atomic E-state index is 0.0338. The number of nitrogens with zero attached hydrogens (tertiary/aromatic N) is 1. The summed E-state index contributed by atoms with van der Waals surface area (Å²) in [5, 5.41) is 5.88. The molecule has 4 N–H and O–H groups in total. The first kappa shape index (κ1) is 26.2. The number of hydrogen-bond donors (Lipinski definition) is 3. The molecule has 0 aromatic heterocycles. The first-order valence-electron chi connectivity index (χ1n) is 11.4. The number of aryl methyl sites for hydroxylation is 1. The van der Waals surface area contributed by atoms with Crippen LogP contribution in [0.3, 0.4) is 0 Å². The van der Waals surface area contributed by atoms with Gasteiger partial charge in [-0.05, 0) is 49.7 Å². The van der Waals surface area contributed by atoms with Crippen LogP contribution < -0.4 is 16.4 Å². The van der Waals surface area contributed by atoms with Crippen LogP contribution in [0.5, 0.6) is 0 Å². The van der Waals surface area contributed by atoms with Crippen molar-refractivity contribution < 1.29 is 14.4 Å². The first-order chi connectivity index (χ1) is 15.2. The second-order valence-electron chi connectivity index (χ2n) is 8.92. The van der Waals surface area contributed by atoms with Crippen LogP contribution >= 0.6 is 11.8 Å². The molecular formula is C24H38N4O3S. The SMILES string of the molecule is CSCC[C@H](N)C(=O)N1CCC(C(=O)N[C@H](C(=O)NCc2ccc(C)cc2)C(C)C)CC1. The van der Waals surface area contributed by atoms with Gasteiger partial charge in [0.15, 0.2) is 0 Å². The number of thioether (sulfide) groups is 1. The highest BCUT2D eigenvalue weighted by Gasteiger charge is 2.32. The van der Waals surface area contributed by atoms with Gasteiger partial charge in [-0.3, -0.25) is 14.4 Å². The van der Waals surface area contributed by atoms with E-state index in [4.69, 9.17) is 5.73 Å². The molecule has 2 atom stereocenters. The third-order valence-electron chi connectivity index (χ3n) is 5.96. The third-order valence-corrected chi connectivity index (χ3v) is 6.61. The Kier molecular flexibility index (Phi) is 10.5. The van der Waals surface area contributed by atoms with Crippen molar-refractivity contribution in [3.05, 3.63) is 35.4 Å². The molecule has 1 aliphatic heterocycles. The molecule has 0 saturated carbocycles. The van der Waals surface area contributed by atoms with Crippen molar-refractivity contribution in [2.75, 3.05) is 25.1 Å². The molecule has 8 heteroatoms. The molecule has 0 radical (unpaired) electrons. The minimum Gasteiger partial charge on any atom is -0.350 e. The number of hydrogen-bond acceptors (Lipinski definition) is 5.